The highest BCUT2D eigenvalue weighted by Gasteiger charge is 2.18. The third-order valence-corrected chi connectivity index (χ3v) is 3.14. The molecule has 1 aromatic carbocycles. The van der Waals surface area contributed by atoms with E-state index in [0.717, 1.165) is 0 Å². The first kappa shape index (κ1) is 17.4. The van der Waals surface area contributed by atoms with E-state index in [-0.39, 0.29) is 18.1 Å². The van der Waals surface area contributed by atoms with Crippen molar-refractivity contribution in [3.8, 4) is 5.69 Å². The summed E-state index contributed by atoms with van der Waals surface area (Å²) in [7, 11) is 0. The van der Waals surface area contributed by atoms with Crippen molar-refractivity contribution in [1.29, 1.82) is 0 Å². The fraction of sp³-hybridized carbons (Fsp3) is 0.400. The molecule has 9 nitrogen and oxygen atoms in total. The lowest BCUT2D eigenvalue weighted by molar-refractivity contribution is -0.124. The Labute approximate surface area is 139 Å². The fourth-order valence-corrected chi connectivity index (χ4v) is 1.93. The number of nitrogens with two attached hydrogens (primary N) is 1. The van der Waals surface area contributed by atoms with Crippen molar-refractivity contribution in [2.45, 2.75) is 20.8 Å². The van der Waals surface area contributed by atoms with Crippen LogP contribution in [0.1, 0.15) is 30.0 Å². The van der Waals surface area contributed by atoms with Gasteiger partial charge >= 0.3 is 5.97 Å². The number of carbonyl (C=O) groups is 2. The van der Waals surface area contributed by atoms with Crippen LogP contribution in [0, 0.1) is 12.8 Å². The zero-order chi connectivity index (χ0) is 17.7. The summed E-state index contributed by atoms with van der Waals surface area (Å²) in [5, 5.41) is 13.8. The van der Waals surface area contributed by atoms with Crippen LogP contribution in [-0.2, 0) is 9.53 Å². The number of aromatic nitrogens is 4. The Morgan fingerprint density at radius 1 is 1.38 bits per heavy atom. The molecule has 0 unspecified atom stereocenters. The number of anilines is 1. The molecular formula is C15H20N6O3. The number of hydrogen-bond donors (Lipinski definition) is 2. The molecule has 1 heterocycles. The summed E-state index contributed by atoms with van der Waals surface area (Å²) in [6.07, 6.45) is 0. The first-order valence-electron chi connectivity index (χ1n) is 7.47. The number of hydrogen-bond acceptors (Lipinski definition) is 7. The van der Waals surface area contributed by atoms with Gasteiger partial charge in [-0.25, -0.2) is 4.79 Å². The highest BCUT2D eigenvalue weighted by molar-refractivity contribution is 5.95. The number of aryl methyl sites for hydroxylation is 1. The molecule has 2 aromatic rings. The Hall–Kier alpha value is -2.97. The SMILES string of the molecule is Cc1nnnn1-c1cc(N)ccc1C(=O)OCC(=O)NCC(C)C. The van der Waals surface area contributed by atoms with Crippen LogP contribution in [0.25, 0.3) is 5.69 Å². The summed E-state index contributed by atoms with van der Waals surface area (Å²) < 4.78 is 6.45. The van der Waals surface area contributed by atoms with Gasteiger partial charge < -0.3 is 15.8 Å². The molecule has 0 aliphatic heterocycles. The Kier molecular flexibility index (Phi) is 5.46. The number of amides is 1. The third kappa shape index (κ3) is 4.28. The number of benzene rings is 1. The first-order valence-corrected chi connectivity index (χ1v) is 7.47. The number of nitrogens with one attached hydrogen (secondary N) is 1. The minimum atomic E-state index is -0.653. The van der Waals surface area contributed by atoms with Gasteiger partial charge in [-0.05, 0) is 41.5 Å². The van der Waals surface area contributed by atoms with Gasteiger partial charge in [-0.15, -0.1) is 5.10 Å². The zero-order valence-corrected chi connectivity index (χ0v) is 13.8. The molecule has 0 aliphatic carbocycles. The number of carbonyl (C=O) groups excluding carboxylic acids is 2. The van der Waals surface area contributed by atoms with Crippen molar-refractivity contribution in [3.63, 3.8) is 0 Å². The lowest BCUT2D eigenvalue weighted by atomic mass is 10.1. The molecule has 1 aromatic heterocycles. The molecule has 0 saturated heterocycles. The second-order valence-electron chi connectivity index (χ2n) is 5.69. The van der Waals surface area contributed by atoms with Gasteiger partial charge in [-0.1, -0.05) is 13.8 Å². The largest absolute Gasteiger partial charge is 0.452 e. The molecular weight excluding hydrogens is 312 g/mol. The van der Waals surface area contributed by atoms with Crippen LogP contribution in [0.15, 0.2) is 18.2 Å². The molecule has 3 N–H and O–H groups in total. The quantitative estimate of drug-likeness (QED) is 0.582. The lowest BCUT2D eigenvalue weighted by Gasteiger charge is -2.11. The van der Waals surface area contributed by atoms with Gasteiger partial charge in [0.1, 0.15) is 0 Å². The van der Waals surface area contributed by atoms with Crippen LogP contribution in [-0.4, -0.2) is 45.2 Å². The molecule has 0 bridgehead atoms. The summed E-state index contributed by atoms with van der Waals surface area (Å²) in [6.45, 7) is 5.80. The highest BCUT2D eigenvalue weighted by atomic mass is 16.5. The second-order valence-corrected chi connectivity index (χ2v) is 5.69. The van der Waals surface area contributed by atoms with Gasteiger partial charge in [0.2, 0.25) is 0 Å². The molecule has 24 heavy (non-hydrogen) atoms. The van der Waals surface area contributed by atoms with Crippen molar-refractivity contribution in [1.82, 2.24) is 25.5 Å². The molecule has 0 radical (unpaired) electrons. The van der Waals surface area contributed by atoms with E-state index in [4.69, 9.17) is 10.5 Å². The van der Waals surface area contributed by atoms with E-state index in [1.165, 1.54) is 10.7 Å². The monoisotopic (exact) mass is 332 g/mol. The first-order chi connectivity index (χ1) is 11.4. The maximum Gasteiger partial charge on any atom is 0.340 e. The number of rotatable bonds is 6. The summed E-state index contributed by atoms with van der Waals surface area (Å²) >= 11 is 0. The van der Waals surface area contributed by atoms with Gasteiger partial charge in [-0.2, -0.15) is 4.68 Å². The van der Waals surface area contributed by atoms with Gasteiger partial charge in [0.15, 0.2) is 12.4 Å². The van der Waals surface area contributed by atoms with Crippen LogP contribution in [0.4, 0.5) is 5.69 Å². The summed E-state index contributed by atoms with van der Waals surface area (Å²) in [5.41, 5.74) is 6.84. The summed E-state index contributed by atoms with van der Waals surface area (Å²) in [5.74, 6) is -0.201. The molecule has 0 atom stereocenters. The van der Waals surface area contributed by atoms with E-state index in [1.807, 2.05) is 13.8 Å². The van der Waals surface area contributed by atoms with Crippen LogP contribution < -0.4 is 11.1 Å². The average molecular weight is 332 g/mol. The van der Waals surface area contributed by atoms with Crippen molar-refractivity contribution in [2.24, 2.45) is 5.92 Å². The number of ether oxygens (including phenoxy) is 1. The van der Waals surface area contributed by atoms with Crippen molar-refractivity contribution in [2.75, 3.05) is 18.9 Å². The van der Waals surface area contributed by atoms with Crippen LogP contribution in [0.2, 0.25) is 0 Å². The van der Waals surface area contributed by atoms with Crippen LogP contribution in [0.5, 0.6) is 0 Å². The average Bonchev–Trinajstić information content (AvgIpc) is 2.96. The van der Waals surface area contributed by atoms with Gasteiger partial charge in [0.25, 0.3) is 5.91 Å². The maximum atomic E-state index is 12.3. The normalized spacial score (nSPS) is 10.7. The predicted molar refractivity (Wildman–Crippen MR) is 86.4 cm³/mol. The molecule has 1 amide bonds. The second kappa shape index (κ2) is 7.53. The third-order valence-electron chi connectivity index (χ3n) is 3.14. The smallest absolute Gasteiger partial charge is 0.340 e. The fourth-order valence-electron chi connectivity index (χ4n) is 1.93. The van der Waals surface area contributed by atoms with Crippen molar-refractivity contribution < 1.29 is 14.3 Å². The van der Waals surface area contributed by atoms with Gasteiger partial charge in [0.05, 0.1) is 11.3 Å². The van der Waals surface area contributed by atoms with Crippen molar-refractivity contribution >= 4 is 17.6 Å². The molecule has 9 heteroatoms. The van der Waals surface area contributed by atoms with Crippen LogP contribution in [0.3, 0.4) is 0 Å². The van der Waals surface area contributed by atoms with E-state index in [0.29, 0.717) is 29.7 Å². The minimum Gasteiger partial charge on any atom is -0.452 e. The Bertz CT molecular complexity index is 741. The number of nitrogen functional groups attached to an aromatic ring is 1. The van der Waals surface area contributed by atoms with E-state index >= 15 is 0 Å². The van der Waals surface area contributed by atoms with E-state index in [1.54, 1.807) is 19.1 Å². The summed E-state index contributed by atoms with van der Waals surface area (Å²) in [4.78, 5) is 24.0. The van der Waals surface area contributed by atoms with E-state index in [9.17, 15) is 9.59 Å². The maximum absolute atomic E-state index is 12.3. The molecule has 128 valence electrons. The Balaban J connectivity index is 2.13. The number of tetrazole rings is 1. The lowest BCUT2D eigenvalue weighted by Crippen LogP contribution is -2.31. The van der Waals surface area contributed by atoms with Gasteiger partial charge in [0, 0.05) is 12.2 Å². The zero-order valence-electron chi connectivity index (χ0n) is 13.8. The summed E-state index contributed by atoms with van der Waals surface area (Å²) in [6, 6.07) is 4.65. The Morgan fingerprint density at radius 2 is 2.12 bits per heavy atom. The molecule has 0 aliphatic rings. The molecule has 0 spiro atoms. The number of esters is 1. The van der Waals surface area contributed by atoms with E-state index < -0.39 is 5.97 Å². The Morgan fingerprint density at radius 3 is 2.75 bits per heavy atom. The minimum absolute atomic E-state index is 0.219. The van der Waals surface area contributed by atoms with Gasteiger partial charge in [-0.3, -0.25) is 4.79 Å². The van der Waals surface area contributed by atoms with E-state index in [2.05, 4.69) is 20.8 Å². The highest BCUT2D eigenvalue weighted by Crippen LogP contribution is 2.19. The topological polar surface area (TPSA) is 125 Å². The number of nitrogens with zero attached hydrogens (tertiary/aromatic N) is 4. The van der Waals surface area contributed by atoms with Crippen molar-refractivity contribution in [3.05, 3.63) is 29.6 Å². The molecule has 2 rings (SSSR count). The van der Waals surface area contributed by atoms with Crippen LogP contribution >= 0.6 is 0 Å². The molecule has 0 fully saturated rings. The predicted octanol–water partition coefficient (Wildman–Crippen LogP) is 0.482. The molecule has 0 saturated carbocycles. The standard InChI is InChI=1S/C15H20N6O3/c1-9(2)7-17-14(22)8-24-15(23)12-5-4-11(16)6-13(12)21-10(3)18-19-20-21/h4-6,9H,7-8,16H2,1-3H3,(H,17,22).